The van der Waals surface area contributed by atoms with E-state index in [-0.39, 0.29) is 35.5 Å². The summed E-state index contributed by atoms with van der Waals surface area (Å²) < 4.78 is 55.3. The van der Waals surface area contributed by atoms with Gasteiger partial charge in [0.1, 0.15) is 23.9 Å². The predicted molar refractivity (Wildman–Crippen MR) is 158 cm³/mol. The summed E-state index contributed by atoms with van der Waals surface area (Å²) in [5, 5.41) is 12.3. The molecule has 4 aromatic heterocycles. The van der Waals surface area contributed by atoms with Crippen LogP contribution in [0.15, 0.2) is 24.5 Å². The lowest BCUT2D eigenvalue weighted by Gasteiger charge is -2.34. The van der Waals surface area contributed by atoms with Crippen molar-refractivity contribution in [1.82, 2.24) is 35.4 Å². The predicted octanol–water partition coefficient (Wildman–Crippen LogP) is 4.88. The van der Waals surface area contributed by atoms with Crippen molar-refractivity contribution in [2.45, 2.75) is 38.0 Å². The normalized spacial score (nSPS) is 20.4. The third-order valence-electron chi connectivity index (χ3n) is 8.63. The third kappa shape index (κ3) is 4.48. The second kappa shape index (κ2) is 10.2. The number of alkyl halides is 3. The van der Waals surface area contributed by atoms with Gasteiger partial charge in [0.15, 0.2) is 0 Å². The van der Waals surface area contributed by atoms with E-state index in [1.165, 1.54) is 30.5 Å². The van der Waals surface area contributed by atoms with E-state index in [4.69, 9.17) is 19.4 Å². The van der Waals surface area contributed by atoms with Crippen molar-refractivity contribution in [2.24, 2.45) is 0 Å². The Bertz CT molecular complexity index is 1930. The summed E-state index contributed by atoms with van der Waals surface area (Å²) in [5.41, 5.74) is 0.0490. The number of rotatable bonds is 6. The van der Waals surface area contributed by atoms with E-state index in [1.807, 2.05) is 6.07 Å². The molecule has 11 nitrogen and oxygen atoms in total. The summed E-state index contributed by atoms with van der Waals surface area (Å²) in [6.45, 7) is 4.25. The standard InChI is InChI=1S/C29H27F3N8O3S/c1-14-10-19-18(11-34-38-19)20(22(14)29(30,31)32)23-24-17(4-5-33-23)21-25(40-12-15-2-3-16(13-40)35-15)36-27(37-26(21)44-24)42-8-6-39-7-9-43-28(39)41/h4-5,10-11,15-16,35H,2-3,6-9,12-13H2,1H3,(H,34,38). The smallest absolute Gasteiger partial charge is 0.417 e. The lowest BCUT2D eigenvalue weighted by molar-refractivity contribution is -0.137. The van der Waals surface area contributed by atoms with Gasteiger partial charge < -0.3 is 24.6 Å². The van der Waals surface area contributed by atoms with Crippen molar-refractivity contribution in [3.05, 3.63) is 35.7 Å². The average molecular weight is 625 g/mol. The Balaban J connectivity index is 1.30. The van der Waals surface area contributed by atoms with Crippen LogP contribution < -0.4 is 15.0 Å². The van der Waals surface area contributed by atoms with E-state index in [9.17, 15) is 18.0 Å². The SMILES string of the molecule is Cc1cc2[nH]ncc2c(-c2nccc3c2sc2nc(OCCN4CCOC4=O)nc(N4CC5CCC(C4)N5)c23)c1C(F)(F)F. The van der Waals surface area contributed by atoms with Gasteiger partial charge in [0.05, 0.1) is 46.1 Å². The van der Waals surface area contributed by atoms with Gasteiger partial charge in [0, 0.05) is 47.7 Å². The van der Waals surface area contributed by atoms with Gasteiger partial charge in [-0.2, -0.15) is 28.2 Å². The van der Waals surface area contributed by atoms with Gasteiger partial charge in [-0.15, -0.1) is 11.3 Å². The van der Waals surface area contributed by atoms with Crippen LogP contribution in [0.4, 0.5) is 23.8 Å². The van der Waals surface area contributed by atoms with Crippen LogP contribution in [0.25, 0.3) is 42.5 Å². The lowest BCUT2D eigenvalue weighted by Crippen LogP contribution is -2.51. The fraction of sp³-hybridized carbons (Fsp3) is 0.414. The zero-order chi connectivity index (χ0) is 30.2. The number of aromatic amines is 1. The molecular formula is C29H27F3N8O3S. The Kier molecular flexibility index (Phi) is 6.31. The molecule has 8 rings (SSSR count). The van der Waals surface area contributed by atoms with Crippen molar-refractivity contribution >= 4 is 54.5 Å². The number of hydrogen-bond acceptors (Lipinski definition) is 10. The first-order valence-corrected chi connectivity index (χ1v) is 15.2. The van der Waals surface area contributed by atoms with Crippen molar-refractivity contribution < 1.29 is 27.4 Å². The highest BCUT2D eigenvalue weighted by Gasteiger charge is 2.39. The van der Waals surface area contributed by atoms with Crippen LogP contribution >= 0.6 is 11.3 Å². The zero-order valence-electron chi connectivity index (χ0n) is 23.6. The highest BCUT2D eigenvalue weighted by molar-refractivity contribution is 7.26. The van der Waals surface area contributed by atoms with Gasteiger partial charge in [0.25, 0.3) is 0 Å². The van der Waals surface area contributed by atoms with E-state index in [0.29, 0.717) is 58.0 Å². The number of aryl methyl sites for hydroxylation is 1. The lowest BCUT2D eigenvalue weighted by atomic mass is 9.94. The molecule has 2 N–H and O–H groups in total. The zero-order valence-corrected chi connectivity index (χ0v) is 24.4. The van der Waals surface area contributed by atoms with Gasteiger partial charge in [-0.05, 0) is 37.5 Å². The minimum atomic E-state index is -4.61. The number of nitrogens with zero attached hydrogens (tertiary/aromatic N) is 6. The molecule has 15 heteroatoms. The fourth-order valence-electron chi connectivity index (χ4n) is 6.72. The molecular weight excluding hydrogens is 597 g/mol. The topological polar surface area (TPSA) is 121 Å². The van der Waals surface area contributed by atoms with Crippen molar-refractivity contribution in [3.63, 3.8) is 0 Å². The quantitative estimate of drug-likeness (QED) is 0.272. The Labute approximate surface area is 252 Å². The summed E-state index contributed by atoms with van der Waals surface area (Å²) in [6, 6.07) is 4.07. The number of halogens is 3. The number of piperazine rings is 1. The number of nitrogens with one attached hydrogen (secondary N) is 2. The van der Waals surface area contributed by atoms with Crippen LogP contribution in [0, 0.1) is 6.92 Å². The molecule has 228 valence electrons. The largest absolute Gasteiger partial charge is 0.461 e. The van der Waals surface area contributed by atoms with Crippen LogP contribution in [-0.2, 0) is 10.9 Å². The number of cyclic esters (lactones) is 1. The highest BCUT2D eigenvalue weighted by atomic mass is 32.1. The van der Waals surface area contributed by atoms with Crippen LogP contribution in [-0.4, -0.2) is 87.6 Å². The molecule has 5 aromatic rings. The van der Waals surface area contributed by atoms with Gasteiger partial charge in [-0.1, -0.05) is 0 Å². The molecule has 1 aromatic carbocycles. The number of carbonyl (C=O) groups is 1. The van der Waals surface area contributed by atoms with Gasteiger partial charge in [0.2, 0.25) is 0 Å². The molecule has 2 atom stereocenters. The third-order valence-corrected chi connectivity index (χ3v) is 9.73. The average Bonchev–Trinajstić information content (AvgIpc) is 3.77. The summed E-state index contributed by atoms with van der Waals surface area (Å²) in [4.78, 5) is 30.3. The number of thiophene rings is 1. The number of carbonyl (C=O) groups excluding carboxylic acids is 1. The summed E-state index contributed by atoms with van der Waals surface area (Å²) in [5.74, 6) is 0.682. The number of ether oxygens (including phenoxy) is 2. The number of hydrogen-bond donors (Lipinski definition) is 2. The number of aromatic nitrogens is 5. The maximum atomic E-state index is 14.6. The van der Waals surface area contributed by atoms with Crippen LogP contribution in [0.1, 0.15) is 24.0 Å². The molecule has 0 aliphatic carbocycles. The molecule has 3 aliphatic heterocycles. The fourth-order valence-corrected chi connectivity index (χ4v) is 7.87. The number of H-pyrrole nitrogens is 1. The monoisotopic (exact) mass is 624 g/mol. The summed E-state index contributed by atoms with van der Waals surface area (Å²) in [7, 11) is 0. The van der Waals surface area contributed by atoms with E-state index >= 15 is 0 Å². The Morgan fingerprint density at radius 3 is 2.75 bits per heavy atom. The first-order chi connectivity index (χ1) is 21.2. The minimum absolute atomic E-state index is 0.0119. The first-order valence-electron chi connectivity index (χ1n) is 14.4. The summed E-state index contributed by atoms with van der Waals surface area (Å²) >= 11 is 1.27. The second-order valence-corrected chi connectivity index (χ2v) is 12.4. The number of fused-ring (bicyclic) bond motifs is 6. The van der Waals surface area contributed by atoms with E-state index in [1.54, 1.807) is 11.1 Å². The number of amides is 1. The molecule has 44 heavy (non-hydrogen) atoms. The molecule has 1 amide bonds. The van der Waals surface area contributed by atoms with E-state index in [2.05, 4.69) is 25.4 Å². The Hall–Kier alpha value is -4.24. The molecule has 7 heterocycles. The van der Waals surface area contributed by atoms with Crippen molar-refractivity contribution in [1.29, 1.82) is 0 Å². The van der Waals surface area contributed by atoms with E-state index < -0.39 is 11.7 Å². The van der Waals surface area contributed by atoms with Gasteiger partial charge >= 0.3 is 18.3 Å². The van der Waals surface area contributed by atoms with Crippen LogP contribution in [0.2, 0.25) is 0 Å². The Morgan fingerprint density at radius 2 is 2.00 bits per heavy atom. The maximum absolute atomic E-state index is 14.6. The first kappa shape index (κ1) is 27.3. The van der Waals surface area contributed by atoms with Crippen LogP contribution in [0.5, 0.6) is 6.01 Å². The number of anilines is 1. The molecule has 0 saturated carbocycles. The molecule has 3 saturated heterocycles. The van der Waals surface area contributed by atoms with Gasteiger partial charge in [-0.25, -0.2) is 4.79 Å². The number of pyridine rings is 1. The molecule has 2 bridgehead atoms. The molecule has 0 radical (unpaired) electrons. The minimum Gasteiger partial charge on any atom is -0.461 e. The Morgan fingerprint density at radius 1 is 1.18 bits per heavy atom. The summed E-state index contributed by atoms with van der Waals surface area (Å²) in [6.07, 6.45) is 0.0984. The van der Waals surface area contributed by atoms with Crippen LogP contribution in [0.3, 0.4) is 0 Å². The second-order valence-electron chi connectivity index (χ2n) is 11.4. The molecule has 2 unspecified atom stereocenters. The van der Waals surface area contributed by atoms with Crippen molar-refractivity contribution in [2.75, 3.05) is 44.3 Å². The highest BCUT2D eigenvalue weighted by Crippen LogP contribution is 2.48. The van der Waals surface area contributed by atoms with Crippen molar-refractivity contribution in [3.8, 4) is 17.3 Å². The van der Waals surface area contributed by atoms with E-state index in [0.717, 1.165) is 36.7 Å². The number of benzene rings is 1. The molecule has 3 fully saturated rings. The van der Waals surface area contributed by atoms with Gasteiger partial charge in [-0.3, -0.25) is 10.1 Å². The molecule has 0 spiro atoms. The molecule has 3 aliphatic rings. The maximum Gasteiger partial charge on any atom is 0.417 e.